The van der Waals surface area contributed by atoms with Gasteiger partial charge in [0.2, 0.25) is 11.9 Å². The average Bonchev–Trinajstić information content (AvgIpc) is 1.99. The summed E-state index contributed by atoms with van der Waals surface area (Å²) in [7, 11) is 0. The number of anilines is 1. The van der Waals surface area contributed by atoms with Gasteiger partial charge in [-0.15, -0.1) is 0 Å². The third kappa shape index (κ3) is 3.93. The fourth-order valence-corrected chi connectivity index (χ4v) is 1.29. The predicted molar refractivity (Wildman–Crippen MR) is 58.3 cm³/mol. The van der Waals surface area contributed by atoms with E-state index in [1.165, 1.54) is 0 Å². The van der Waals surface area contributed by atoms with Crippen LogP contribution in [0.2, 0.25) is 0 Å². The number of carbonyl (C=O) groups is 1. The van der Waals surface area contributed by atoms with Crippen molar-refractivity contribution in [3.63, 3.8) is 0 Å². The molecule has 1 amide bonds. The maximum absolute atomic E-state index is 10.8. The van der Waals surface area contributed by atoms with E-state index in [0.29, 0.717) is 5.95 Å². The van der Waals surface area contributed by atoms with Gasteiger partial charge in [-0.1, -0.05) is 0 Å². The molecule has 0 spiro atoms. The third-order valence-corrected chi connectivity index (χ3v) is 1.86. The van der Waals surface area contributed by atoms with Crippen LogP contribution in [0.5, 0.6) is 0 Å². The van der Waals surface area contributed by atoms with Gasteiger partial charge in [-0.3, -0.25) is 4.79 Å². The molecule has 0 radical (unpaired) electrons. The smallest absolute Gasteiger partial charge is 0.223 e. The maximum Gasteiger partial charge on any atom is 0.223 e. The fourth-order valence-electron chi connectivity index (χ4n) is 1.29. The Morgan fingerprint density at radius 3 is 2.80 bits per heavy atom. The van der Waals surface area contributed by atoms with Crippen molar-refractivity contribution in [3.8, 4) is 0 Å². The molecule has 5 nitrogen and oxygen atoms in total. The second-order valence-corrected chi connectivity index (χ2v) is 4.17. The number of nitrogens with one attached hydrogen (secondary N) is 1. The van der Waals surface area contributed by atoms with Crippen molar-refractivity contribution in [1.29, 1.82) is 0 Å². The molecule has 1 aromatic heterocycles. The normalized spacial score (nSPS) is 11.1. The predicted octanol–water partition coefficient (Wildman–Crippen LogP) is 0.851. The van der Waals surface area contributed by atoms with E-state index in [0.717, 1.165) is 5.69 Å². The van der Waals surface area contributed by atoms with Gasteiger partial charge < -0.3 is 11.1 Å². The first-order valence-electron chi connectivity index (χ1n) is 4.75. The lowest BCUT2D eigenvalue weighted by molar-refractivity contribution is -0.118. The molecule has 15 heavy (non-hydrogen) atoms. The molecule has 0 aliphatic heterocycles. The van der Waals surface area contributed by atoms with Gasteiger partial charge in [-0.25, -0.2) is 9.97 Å². The molecule has 0 fully saturated rings. The largest absolute Gasteiger partial charge is 0.370 e. The zero-order valence-corrected chi connectivity index (χ0v) is 9.24. The number of nitrogens with zero attached hydrogens (tertiary/aromatic N) is 2. The average molecular weight is 208 g/mol. The van der Waals surface area contributed by atoms with Gasteiger partial charge in [-0.2, -0.15) is 0 Å². The van der Waals surface area contributed by atoms with Gasteiger partial charge in [-0.05, 0) is 26.8 Å². The lowest BCUT2D eigenvalue weighted by Gasteiger charge is -2.24. The second kappa shape index (κ2) is 4.25. The Morgan fingerprint density at radius 1 is 1.60 bits per heavy atom. The fraction of sp³-hybridized carbons (Fsp3) is 0.500. The topological polar surface area (TPSA) is 80.9 Å². The van der Waals surface area contributed by atoms with Crippen molar-refractivity contribution in [2.45, 2.75) is 32.7 Å². The van der Waals surface area contributed by atoms with Gasteiger partial charge in [0.1, 0.15) is 0 Å². The third-order valence-electron chi connectivity index (χ3n) is 1.86. The Morgan fingerprint density at radius 2 is 2.27 bits per heavy atom. The van der Waals surface area contributed by atoms with E-state index in [9.17, 15) is 4.79 Å². The van der Waals surface area contributed by atoms with E-state index >= 15 is 0 Å². The van der Waals surface area contributed by atoms with Crippen LogP contribution in [0.25, 0.3) is 0 Å². The monoisotopic (exact) mass is 208 g/mol. The molecule has 0 saturated carbocycles. The number of primary amides is 1. The number of hydrogen-bond donors (Lipinski definition) is 2. The molecule has 0 unspecified atom stereocenters. The molecule has 3 N–H and O–H groups in total. The van der Waals surface area contributed by atoms with E-state index in [-0.39, 0.29) is 12.3 Å². The Bertz CT molecular complexity index is 362. The number of aromatic nitrogens is 2. The quantitative estimate of drug-likeness (QED) is 0.768. The van der Waals surface area contributed by atoms with Crippen LogP contribution >= 0.6 is 0 Å². The van der Waals surface area contributed by atoms with Gasteiger partial charge in [0, 0.05) is 23.9 Å². The molecule has 0 atom stereocenters. The van der Waals surface area contributed by atoms with E-state index in [1.54, 1.807) is 6.20 Å². The van der Waals surface area contributed by atoms with Crippen molar-refractivity contribution in [3.05, 3.63) is 18.0 Å². The Hall–Kier alpha value is -1.65. The number of aryl methyl sites for hydroxylation is 1. The molecular formula is C10H16N4O. The highest BCUT2D eigenvalue weighted by atomic mass is 16.1. The summed E-state index contributed by atoms with van der Waals surface area (Å²) in [4.78, 5) is 19.1. The molecule has 0 bridgehead atoms. The Kier molecular flexibility index (Phi) is 3.24. The van der Waals surface area contributed by atoms with Crippen molar-refractivity contribution in [2.75, 3.05) is 5.32 Å². The van der Waals surface area contributed by atoms with Crippen LogP contribution in [-0.2, 0) is 4.79 Å². The van der Waals surface area contributed by atoms with Crippen LogP contribution in [0.3, 0.4) is 0 Å². The van der Waals surface area contributed by atoms with E-state index in [2.05, 4.69) is 15.3 Å². The van der Waals surface area contributed by atoms with E-state index in [4.69, 9.17) is 5.73 Å². The van der Waals surface area contributed by atoms with Gasteiger partial charge >= 0.3 is 0 Å². The summed E-state index contributed by atoms with van der Waals surface area (Å²) in [5.74, 6) is 0.168. The molecule has 1 rings (SSSR count). The number of rotatable bonds is 4. The SMILES string of the molecule is Cc1ccnc(NC(C)(C)CC(N)=O)n1. The van der Waals surface area contributed by atoms with Crippen LogP contribution in [0.4, 0.5) is 5.95 Å². The zero-order valence-electron chi connectivity index (χ0n) is 9.24. The molecule has 0 aliphatic carbocycles. The van der Waals surface area contributed by atoms with Crippen LogP contribution in [0.1, 0.15) is 26.0 Å². The van der Waals surface area contributed by atoms with Crippen LogP contribution in [0, 0.1) is 6.92 Å². The number of carbonyl (C=O) groups excluding carboxylic acids is 1. The summed E-state index contributed by atoms with van der Waals surface area (Å²) in [5, 5.41) is 3.07. The molecule has 1 aromatic rings. The zero-order chi connectivity index (χ0) is 11.5. The molecule has 5 heteroatoms. The standard InChI is InChI=1S/C10H16N4O/c1-7-4-5-12-9(13-7)14-10(2,3)6-8(11)15/h4-5H,6H2,1-3H3,(H2,11,15)(H,12,13,14). The molecule has 0 aromatic carbocycles. The number of amides is 1. The van der Waals surface area contributed by atoms with Crippen molar-refractivity contribution < 1.29 is 4.79 Å². The molecule has 1 heterocycles. The van der Waals surface area contributed by atoms with Crippen molar-refractivity contribution >= 4 is 11.9 Å². The minimum atomic E-state index is -0.431. The minimum Gasteiger partial charge on any atom is -0.370 e. The lowest BCUT2D eigenvalue weighted by Crippen LogP contribution is -2.36. The first-order chi connectivity index (χ1) is 6.89. The van der Waals surface area contributed by atoms with Gasteiger partial charge in [0.15, 0.2) is 0 Å². The molecular weight excluding hydrogens is 192 g/mol. The number of nitrogens with two attached hydrogens (primary N) is 1. The minimum absolute atomic E-state index is 0.240. The Balaban J connectivity index is 2.72. The Labute approximate surface area is 89.1 Å². The van der Waals surface area contributed by atoms with E-state index < -0.39 is 5.54 Å². The number of hydrogen-bond acceptors (Lipinski definition) is 4. The van der Waals surface area contributed by atoms with Crippen LogP contribution < -0.4 is 11.1 Å². The molecule has 0 saturated heterocycles. The summed E-state index contributed by atoms with van der Waals surface area (Å²) in [6.45, 7) is 5.64. The van der Waals surface area contributed by atoms with Gasteiger partial charge in [0.05, 0.1) is 0 Å². The summed E-state index contributed by atoms with van der Waals surface area (Å²) in [5.41, 5.74) is 5.59. The first-order valence-corrected chi connectivity index (χ1v) is 4.75. The van der Waals surface area contributed by atoms with Crippen molar-refractivity contribution in [2.24, 2.45) is 5.73 Å². The molecule has 82 valence electrons. The summed E-state index contributed by atoms with van der Waals surface area (Å²) in [6, 6.07) is 1.81. The summed E-state index contributed by atoms with van der Waals surface area (Å²) >= 11 is 0. The molecule has 0 aliphatic rings. The summed E-state index contributed by atoms with van der Waals surface area (Å²) < 4.78 is 0. The summed E-state index contributed by atoms with van der Waals surface area (Å²) in [6.07, 6.45) is 1.91. The first kappa shape index (κ1) is 11.4. The van der Waals surface area contributed by atoms with Crippen LogP contribution in [-0.4, -0.2) is 21.4 Å². The van der Waals surface area contributed by atoms with Gasteiger partial charge in [0.25, 0.3) is 0 Å². The van der Waals surface area contributed by atoms with Crippen molar-refractivity contribution in [1.82, 2.24) is 9.97 Å². The lowest BCUT2D eigenvalue weighted by atomic mass is 10.0. The van der Waals surface area contributed by atoms with E-state index in [1.807, 2.05) is 26.8 Å². The second-order valence-electron chi connectivity index (χ2n) is 4.17. The highest BCUT2D eigenvalue weighted by Crippen LogP contribution is 2.14. The maximum atomic E-state index is 10.8. The van der Waals surface area contributed by atoms with Crippen LogP contribution in [0.15, 0.2) is 12.3 Å². The highest BCUT2D eigenvalue weighted by Gasteiger charge is 2.21. The highest BCUT2D eigenvalue weighted by molar-refractivity contribution is 5.75.